The predicted molar refractivity (Wildman–Crippen MR) is 73.5 cm³/mol. The second-order valence-electron chi connectivity index (χ2n) is 5.77. The summed E-state index contributed by atoms with van der Waals surface area (Å²) in [7, 11) is 0. The van der Waals surface area contributed by atoms with Crippen molar-refractivity contribution in [2.45, 2.75) is 77.5 Å². The van der Waals surface area contributed by atoms with E-state index in [0.717, 1.165) is 38.5 Å². The molecule has 1 aliphatic rings. The van der Waals surface area contributed by atoms with Crippen LogP contribution in [0.1, 0.15) is 59.3 Å². The van der Waals surface area contributed by atoms with Crippen LogP contribution in [0, 0.1) is 5.92 Å². The average molecular weight is 256 g/mol. The quantitative estimate of drug-likeness (QED) is 0.707. The van der Waals surface area contributed by atoms with Gasteiger partial charge in [-0.25, -0.2) is 4.79 Å². The van der Waals surface area contributed by atoms with Gasteiger partial charge >= 0.3 is 6.03 Å². The topological polar surface area (TPSA) is 61.4 Å². The van der Waals surface area contributed by atoms with Crippen molar-refractivity contribution in [3.63, 3.8) is 0 Å². The summed E-state index contributed by atoms with van der Waals surface area (Å²) in [6.45, 7) is 6.43. The van der Waals surface area contributed by atoms with Crippen LogP contribution in [-0.2, 0) is 0 Å². The van der Waals surface area contributed by atoms with Crippen LogP contribution >= 0.6 is 0 Å². The molecule has 4 nitrogen and oxygen atoms in total. The van der Waals surface area contributed by atoms with Crippen LogP contribution in [0.15, 0.2) is 0 Å². The SMILES string of the molecule is CCC(C)CC(C)NC(=O)NC1CCC(O)CC1. The van der Waals surface area contributed by atoms with Gasteiger partial charge in [-0.05, 0) is 44.9 Å². The summed E-state index contributed by atoms with van der Waals surface area (Å²) in [6.07, 6.45) is 5.36. The highest BCUT2D eigenvalue weighted by Gasteiger charge is 2.21. The Morgan fingerprint density at radius 1 is 1.28 bits per heavy atom. The van der Waals surface area contributed by atoms with Crippen molar-refractivity contribution in [2.75, 3.05) is 0 Å². The molecule has 2 unspecified atom stereocenters. The molecule has 18 heavy (non-hydrogen) atoms. The molecule has 2 amide bonds. The van der Waals surface area contributed by atoms with Crippen molar-refractivity contribution < 1.29 is 9.90 Å². The minimum atomic E-state index is -0.171. The molecular formula is C14H28N2O2. The molecule has 0 aromatic carbocycles. The van der Waals surface area contributed by atoms with Crippen LogP contribution in [0.5, 0.6) is 0 Å². The fraction of sp³-hybridized carbons (Fsp3) is 0.929. The number of aliphatic hydroxyl groups is 1. The third-order valence-corrected chi connectivity index (χ3v) is 3.86. The molecule has 0 spiro atoms. The molecule has 1 rings (SSSR count). The Morgan fingerprint density at radius 3 is 2.44 bits per heavy atom. The molecule has 1 aliphatic carbocycles. The van der Waals surface area contributed by atoms with E-state index in [1.54, 1.807) is 0 Å². The Bertz CT molecular complexity index is 250. The molecule has 0 heterocycles. The van der Waals surface area contributed by atoms with Crippen LogP contribution in [0.4, 0.5) is 4.79 Å². The largest absolute Gasteiger partial charge is 0.393 e. The van der Waals surface area contributed by atoms with Crippen LogP contribution in [-0.4, -0.2) is 29.3 Å². The lowest BCUT2D eigenvalue weighted by atomic mass is 9.93. The van der Waals surface area contributed by atoms with Gasteiger partial charge in [-0.2, -0.15) is 0 Å². The average Bonchev–Trinajstić information content (AvgIpc) is 2.31. The Hall–Kier alpha value is -0.770. The zero-order chi connectivity index (χ0) is 13.5. The number of nitrogens with one attached hydrogen (secondary N) is 2. The highest BCUT2D eigenvalue weighted by Crippen LogP contribution is 2.18. The molecule has 0 aromatic rings. The Labute approximate surface area is 111 Å². The van der Waals surface area contributed by atoms with Gasteiger partial charge in [-0.1, -0.05) is 20.3 Å². The first-order valence-electron chi connectivity index (χ1n) is 7.26. The molecule has 0 bridgehead atoms. The summed E-state index contributed by atoms with van der Waals surface area (Å²) in [5, 5.41) is 15.4. The van der Waals surface area contributed by atoms with Gasteiger partial charge in [0.15, 0.2) is 0 Å². The number of rotatable bonds is 5. The van der Waals surface area contributed by atoms with Gasteiger partial charge < -0.3 is 15.7 Å². The Morgan fingerprint density at radius 2 is 1.89 bits per heavy atom. The van der Waals surface area contributed by atoms with E-state index in [-0.39, 0.29) is 24.2 Å². The molecule has 4 heteroatoms. The molecule has 0 saturated heterocycles. The van der Waals surface area contributed by atoms with Crippen LogP contribution < -0.4 is 10.6 Å². The third-order valence-electron chi connectivity index (χ3n) is 3.86. The minimum Gasteiger partial charge on any atom is -0.393 e. The lowest BCUT2D eigenvalue weighted by molar-refractivity contribution is 0.117. The summed E-state index contributed by atoms with van der Waals surface area (Å²) >= 11 is 0. The number of amides is 2. The van der Waals surface area contributed by atoms with E-state index < -0.39 is 0 Å². The normalized spacial score (nSPS) is 27.3. The maximum Gasteiger partial charge on any atom is 0.315 e. The lowest BCUT2D eigenvalue weighted by Crippen LogP contribution is -2.47. The molecule has 0 aliphatic heterocycles. The summed E-state index contributed by atoms with van der Waals surface area (Å²) in [6, 6.07) is 0.380. The Balaban J connectivity index is 2.20. The number of aliphatic hydroxyl groups excluding tert-OH is 1. The van der Waals surface area contributed by atoms with Crippen LogP contribution in [0.2, 0.25) is 0 Å². The van der Waals surface area contributed by atoms with E-state index in [1.807, 2.05) is 0 Å². The number of hydrogen-bond acceptors (Lipinski definition) is 2. The number of carbonyl (C=O) groups excluding carboxylic acids is 1. The van der Waals surface area contributed by atoms with Crippen LogP contribution in [0.25, 0.3) is 0 Å². The third kappa shape index (κ3) is 5.71. The van der Waals surface area contributed by atoms with Crippen LogP contribution in [0.3, 0.4) is 0 Å². The maximum absolute atomic E-state index is 11.8. The van der Waals surface area contributed by atoms with Crippen molar-refractivity contribution in [1.82, 2.24) is 10.6 Å². The molecule has 106 valence electrons. The monoisotopic (exact) mass is 256 g/mol. The molecular weight excluding hydrogens is 228 g/mol. The standard InChI is InChI=1S/C14H28N2O2/c1-4-10(2)9-11(3)15-14(18)16-12-5-7-13(17)8-6-12/h10-13,17H,4-9H2,1-3H3,(H2,15,16,18). The summed E-state index contributed by atoms with van der Waals surface area (Å²) < 4.78 is 0. The first kappa shape index (κ1) is 15.3. The molecule has 2 atom stereocenters. The molecule has 1 fully saturated rings. The van der Waals surface area contributed by atoms with Gasteiger partial charge in [-0.3, -0.25) is 0 Å². The number of urea groups is 1. The minimum absolute atomic E-state index is 0.0628. The molecule has 0 radical (unpaired) electrons. The Kier molecular flexibility index (Phi) is 6.47. The molecule has 3 N–H and O–H groups in total. The second kappa shape index (κ2) is 7.62. The van der Waals surface area contributed by atoms with Crippen molar-refractivity contribution >= 4 is 6.03 Å². The first-order valence-corrected chi connectivity index (χ1v) is 7.26. The van der Waals surface area contributed by atoms with Crippen molar-refractivity contribution in [3.05, 3.63) is 0 Å². The maximum atomic E-state index is 11.8. The van der Waals surface area contributed by atoms with Crippen molar-refractivity contribution in [2.24, 2.45) is 5.92 Å². The van der Waals surface area contributed by atoms with Gasteiger partial charge in [0, 0.05) is 12.1 Å². The van der Waals surface area contributed by atoms with Gasteiger partial charge in [0.25, 0.3) is 0 Å². The summed E-state index contributed by atoms with van der Waals surface area (Å²) in [4.78, 5) is 11.8. The van der Waals surface area contributed by atoms with Gasteiger partial charge in [0.2, 0.25) is 0 Å². The molecule has 1 saturated carbocycles. The fourth-order valence-electron chi connectivity index (χ4n) is 2.50. The van der Waals surface area contributed by atoms with E-state index in [1.165, 1.54) is 0 Å². The predicted octanol–water partition coefficient (Wildman–Crippen LogP) is 2.41. The fourth-order valence-corrected chi connectivity index (χ4v) is 2.50. The van der Waals surface area contributed by atoms with E-state index >= 15 is 0 Å². The van der Waals surface area contributed by atoms with Gasteiger partial charge in [0.1, 0.15) is 0 Å². The van der Waals surface area contributed by atoms with Crippen molar-refractivity contribution in [3.8, 4) is 0 Å². The summed E-state index contributed by atoms with van der Waals surface area (Å²) in [5.74, 6) is 0.644. The molecule has 0 aromatic heterocycles. The first-order chi connectivity index (χ1) is 8.51. The second-order valence-corrected chi connectivity index (χ2v) is 5.77. The van der Waals surface area contributed by atoms with Gasteiger partial charge in [0.05, 0.1) is 6.10 Å². The highest BCUT2D eigenvalue weighted by atomic mass is 16.3. The highest BCUT2D eigenvalue weighted by molar-refractivity contribution is 5.74. The summed E-state index contributed by atoms with van der Waals surface area (Å²) in [5.41, 5.74) is 0. The van der Waals surface area contributed by atoms with E-state index in [2.05, 4.69) is 31.4 Å². The zero-order valence-corrected chi connectivity index (χ0v) is 11.9. The number of hydrogen-bond donors (Lipinski definition) is 3. The van der Waals surface area contributed by atoms with Gasteiger partial charge in [-0.15, -0.1) is 0 Å². The van der Waals surface area contributed by atoms with E-state index in [9.17, 15) is 9.90 Å². The lowest BCUT2D eigenvalue weighted by Gasteiger charge is -2.27. The van der Waals surface area contributed by atoms with E-state index in [0.29, 0.717) is 5.92 Å². The zero-order valence-electron chi connectivity index (χ0n) is 11.9. The smallest absolute Gasteiger partial charge is 0.315 e. The van der Waals surface area contributed by atoms with E-state index in [4.69, 9.17) is 0 Å². The number of carbonyl (C=O) groups is 1. The van der Waals surface area contributed by atoms with Crippen molar-refractivity contribution in [1.29, 1.82) is 0 Å².